The molecule has 0 bridgehead atoms. The van der Waals surface area contributed by atoms with Gasteiger partial charge in [0.1, 0.15) is 10.7 Å². The Hall–Kier alpha value is -1.14. The largest absolute Gasteiger partial charge is 0.398 e. The molecule has 0 aliphatic carbocycles. The van der Waals surface area contributed by atoms with E-state index in [1.807, 2.05) is 13.8 Å². The molecule has 0 atom stereocenters. The number of hydrogen-bond acceptors (Lipinski definition) is 3. The van der Waals surface area contributed by atoms with Gasteiger partial charge in [-0.3, -0.25) is 0 Å². The highest BCUT2D eigenvalue weighted by atomic mass is 32.2. The molecule has 0 heterocycles. The fourth-order valence-corrected chi connectivity index (χ4v) is 2.53. The van der Waals surface area contributed by atoms with Crippen LogP contribution in [0, 0.1) is 18.7 Å². The normalized spacial score (nSPS) is 12.1. The van der Waals surface area contributed by atoms with Crippen molar-refractivity contribution in [1.29, 1.82) is 0 Å². The summed E-state index contributed by atoms with van der Waals surface area (Å²) >= 11 is 0. The molecule has 17 heavy (non-hydrogen) atoms. The first-order valence-electron chi connectivity index (χ1n) is 5.29. The summed E-state index contributed by atoms with van der Waals surface area (Å²) in [7, 11) is -3.83. The summed E-state index contributed by atoms with van der Waals surface area (Å²) in [6.45, 7) is 5.61. The highest BCUT2D eigenvalue weighted by molar-refractivity contribution is 7.89. The lowest BCUT2D eigenvalue weighted by atomic mass is 10.2. The van der Waals surface area contributed by atoms with Crippen LogP contribution in [0.3, 0.4) is 0 Å². The Kier molecular flexibility index (Phi) is 4.11. The second kappa shape index (κ2) is 5.01. The highest BCUT2D eigenvalue weighted by Crippen LogP contribution is 2.21. The van der Waals surface area contributed by atoms with E-state index >= 15 is 0 Å². The number of halogens is 1. The molecule has 1 aromatic rings. The molecule has 0 spiro atoms. The first-order chi connectivity index (χ1) is 7.74. The lowest BCUT2D eigenvalue weighted by Crippen LogP contribution is -2.28. The number of anilines is 1. The molecular formula is C11H17FN2O2S. The van der Waals surface area contributed by atoms with E-state index in [0.717, 1.165) is 12.1 Å². The number of benzene rings is 1. The first-order valence-corrected chi connectivity index (χ1v) is 6.77. The number of rotatable bonds is 4. The Labute approximate surface area is 101 Å². The summed E-state index contributed by atoms with van der Waals surface area (Å²) < 4.78 is 39.5. The zero-order chi connectivity index (χ0) is 13.2. The third-order valence-electron chi connectivity index (χ3n) is 2.29. The predicted octanol–water partition coefficient (Wildman–Crippen LogP) is 1.65. The quantitative estimate of drug-likeness (QED) is 0.808. The molecule has 3 N–H and O–H groups in total. The Morgan fingerprint density at radius 3 is 2.53 bits per heavy atom. The van der Waals surface area contributed by atoms with E-state index in [1.165, 1.54) is 0 Å². The van der Waals surface area contributed by atoms with E-state index in [2.05, 4.69) is 4.72 Å². The van der Waals surface area contributed by atoms with E-state index in [1.54, 1.807) is 6.92 Å². The van der Waals surface area contributed by atoms with E-state index in [-0.39, 0.29) is 18.2 Å². The number of nitrogen functional groups attached to an aromatic ring is 1. The van der Waals surface area contributed by atoms with E-state index in [9.17, 15) is 12.8 Å². The van der Waals surface area contributed by atoms with Gasteiger partial charge in [0.15, 0.2) is 0 Å². The second-order valence-corrected chi connectivity index (χ2v) is 6.12. The van der Waals surface area contributed by atoms with Gasteiger partial charge in [-0.15, -0.1) is 0 Å². The number of aryl methyl sites for hydroxylation is 1. The number of sulfonamides is 1. The zero-order valence-corrected chi connectivity index (χ0v) is 10.9. The second-order valence-electron chi connectivity index (χ2n) is 4.38. The van der Waals surface area contributed by atoms with Gasteiger partial charge in [-0.25, -0.2) is 17.5 Å². The van der Waals surface area contributed by atoms with Gasteiger partial charge in [0.05, 0.1) is 0 Å². The van der Waals surface area contributed by atoms with Gasteiger partial charge >= 0.3 is 0 Å². The molecular weight excluding hydrogens is 243 g/mol. The van der Waals surface area contributed by atoms with Gasteiger partial charge in [0.2, 0.25) is 10.0 Å². The predicted molar refractivity (Wildman–Crippen MR) is 65.6 cm³/mol. The zero-order valence-electron chi connectivity index (χ0n) is 10.1. The first kappa shape index (κ1) is 13.9. The molecule has 96 valence electrons. The van der Waals surface area contributed by atoms with Crippen molar-refractivity contribution in [3.05, 3.63) is 23.5 Å². The maximum absolute atomic E-state index is 13.6. The smallest absolute Gasteiger partial charge is 0.243 e. The Balaban J connectivity index is 3.11. The molecule has 0 fully saturated rings. The average Bonchev–Trinajstić information content (AvgIpc) is 2.20. The fourth-order valence-electron chi connectivity index (χ4n) is 1.23. The molecule has 1 aromatic carbocycles. The molecule has 4 nitrogen and oxygen atoms in total. The van der Waals surface area contributed by atoms with Crippen molar-refractivity contribution < 1.29 is 12.8 Å². The number of nitrogens with two attached hydrogens (primary N) is 1. The summed E-state index contributed by atoms with van der Waals surface area (Å²) in [5.41, 5.74) is 6.36. The van der Waals surface area contributed by atoms with Crippen LogP contribution in [0.4, 0.5) is 10.1 Å². The fraction of sp³-hybridized carbons (Fsp3) is 0.455. The van der Waals surface area contributed by atoms with Crippen molar-refractivity contribution in [1.82, 2.24) is 4.72 Å². The van der Waals surface area contributed by atoms with Crippen molar-refractivity contribution in [3.63, 3.8) is 0 Å². The van der Waals surface area contributed by atoms with Gasteiger partial charge < -0.3 is 5.73 Å². The van der Waals surface area contributed by atoms with Crippen molar-refractivity contribution in [2.24, 2.45) is 5.92 Å². The Morgan fingerprint density at radius 1 is 1.41 bits per heavy atom. The van der Waals surface area contributed by atoms with Gasteiger partial charge in [0.25, 0.3) is 0 Å². The van der Waals surface area contributed by atoms with Crippen molar-refractivity contribution in [3.8, 4) is 0 Å². The van der Waals surface area contributed by atoms with Crippen LogP contribution < -0.4 is 10.5 Å². The summed E-state index contributed by atoms with van der Waals surface area (Å²) in [5, 5.41) is 0. The van der Waals surface area contributed by atoms with Crippen molar-refractivity contribution in [2.75, 3.05) is 12.3 Å². The molecule has 0 aromatic heterocycles. The topological polar surface area (TPSA) is 72.2 Å². The van der Waals surface area contributed by atoms with Crippen LogP contribution in [-0.4, -0.2) is 15.0 Å². The molecule has 0 amide bonds. The van der Waals surface area contributed by atoms with Gasteiger partial charge in [-0.2, -0.15) is 0 Å². The minimum absolute atomic E-state index is 0.149. The standard InChI is InChI=1S/C11H17FN2O2S/c1-7(2)6-14-17(15,16)11-5-10(13)8(3)4-9(11)12/h4-5,7,14H,6,13H2,1-3H3. The average molecular weight is 260 g/mol. The monoisotopic (exact) mass is 260 g/mol. The number of nitrogens with one attached hydrogen (secondary N) is 1. The van der Waals surface area contributed by atoms with Crippen LogP contribution in [0.25, 0.3) is 0 Å². The maximum Gasteiger partial charge on any atom is 0.243 e. The van der Waals surface area contributed by atoms with Crippen molar-refractivity contribution in [2.45, 2.75) is 25.7 Å². The Morgan fingerprint density at radius 2 is 2.00 bits per heavy atom. The molecule has 0 radical (unpaired) electrons. The number of hydrogen-bond donors (Lipinski definition) is 2. The van der Waals surface area contributed by atoms with E-state index < -0.39 is 20.7 Å². The van der Waals surface area contributed by atoms with Crippen LogP contribution in [0.1, 0.15) is 19.4 Å². The van der Waals surface area contributed by atoms with Gasteiger partial charge in [-0.05, 0) is 30.5 Å². The van der Waals surface area contributed by atoms with Crippen LogP contribution in [0.15, 0.2) is 17.0 Å². The van der Waals surface area contributed by atoms with Crippen LogP contribution in [-0.2, 0) is 10.0 Å². The molecule has 0 saturated heterocycles. The Bertz CT molecular complexity index is 512. The summed E-state index contributed by atoms with van der Waals surface area (Å²) in [4.78, 5) is -0.402. The summed E-state index contributed by atoms with van der Waals surface area (Å²) in [6, 6.07) is 2.27. The SMILES string of the molecule is Cc1cc(F)c(S(=O)(=O)NCC(C)C)cc1N. The highest BCUT2D eigenvalue weighted by Gasteiger charge is 2.20. The molecule has 0 aliphatic heterocycles. The van der Waals surface area contributed by atoms with Gasteiger partial charge in [-0.1, -0.05) is 13.8 Å². The van der Waals surface area contributed by atoms with Gasteiger partial charge in [0, 0.05) is 12.2 Å². The molecule has 0 aliphatic rings. The lowest BCUT2D eigenvalue weighted by molar-refractivity contribution is 0.543. The minimum atomic E-state index is -3.83. The summed E-state index contributed by atoms with van der Waals surface area (Å²) in [6.07, 6.45) is 0. The van der Waals surface area contributed by atoms with Crippen LogP contribution in [0.2, 0.25) is 0 Å². The third kappa shape index (κ3) is 3.41. The summed E-state index contributed by atoms with van der Waals surface area (Å²) in [5.74, 6) is -0.636. The molecule has 1 rings (SSSR count). The third-order valence-corrected chi connectivity index (χ3v) is 3.73. The molecule has 6 heteroatoms. The molecule has 0 unspecified atom stereocenters. The van der Waals surface area contributed by atoms with E-state index in [4.69, 9.17) is 5.73 Å². The minimum Gasteiger partial charge on any atom is -0.398 e. The maximum atomic E-state index is 13.6. The van der Waals surface area contributed by atoms with Crippen LogP contribution in [0.5, 0.6) is 0 Å². The van der Waals surface area contributed by atoms with Crippen molar-refractivity contribution >= 4 is 15.7 Å². The van der Waals surface area contributed by atoms with E-state index in [0.29, 0.717) is 5.56 Å². The lowest BCUT2D eigenvalue weighted by Gasteiger charge is -2.11. The van der Waals surface area contributed by atoms with Crippen LogP contribution >= 0.6 is 0 Å². The molecule has 0 saturated carbocycles.